The van der Waals surface area contributed by atoms with Crippen molar-refractivity contribution in [3.05, 3.63) is 28.3 Å². The van der Waals surface area contributed by atoms with E-state index < -0.39 is 32.3 Å². The van der Waals surface area contributed by atoms with E-state index in [1.54, 1.807) is 0 Å². The van der Waals surface area contributed by atoms with Crippen molar-refractivity contribution in [3.8, 4) is 0 Å². The minimum absolute atomic E-state index is 0.0251. The Hall–Kier alpha value is -1.44. The summed E-state index contributed by atoms with van der Waals surface area (Å²) in [5, 5.41) is -0.280. The third kappa shape index (κ3) is 2.94. The highest BCUT2D eigenvalue weighted by Gasteiger charge is 2.28. The second-order valence-electron chi connectivity index (χ2n) is 3.47. The van der Waals surface area contributed by atoms with Crippen molar-refractivity contribution in [2.24, 2.45) is 0 Å². The number of rotatable bonds is 4. The normalized spacial score (nSPS) is 11.2. The molecular weight excluding hydrogens is 296 g/mol. The highest BCUT2D eigenvalue weighted by Crippen LogP contribution is 2.29. The van der Waals surface area contributed by atoms with Gasteiger partial charge in [-0.25, -0.2) is 4.79 Å². The standard InChI is InChI=1S/C11H11ClO6S/c1-6(13)7-4-5-8(19(15,16)18-3)9(10(7)12)11(14)17-2/h4-5H,1-3H3. The second-order valence-corrected chi connectivity index (χ2v) is 5.53. The molecule has 0 fully saturated rings. The van der Waals surface area contributed by atoms with Gasteiger partial charge in [-0.1, -0.05) is 11.6 Å². The number of halogens is 1. The molecule has 1 rings (SSSR count). The number of ketones is 1. The van der Waals surface area contributed by atoms with Gasteiger partial charge in [-0.3, -0.25) is 8.98 Å². The van der Waals surface area contributed by atoms with Gasteiger partial charge in [0, 0.05) is 5.56 Å². The lowest BCUT2D eigenvalue weighted by molar-refractivity contribution is 0.0596. The average Bonchev–Trinajstić information content (AvgIpc) is 2.36. The van der Waals surface area contributed by atoms with Crippen molar-refractivity contribution in [1.29, 1.82) is 0 Å². The topological polar surface area (TPSA) is 86.7 Å². The fourth-order valence-corrected chi connectivity index (χ4v) is 2.70. The Morgan fingerprint density at radius 2 is 1.79 bits per heavy atom. The molecule has 0 unspecified atom stereocenters. The van der Waals surface area contributed by atoms with Crippen molar-refractivity contribution in [2.75, 3.05) is 14.2 Å². The molecule has 0 radical (unpaired) electrons. The molecule has 8 heteroatoms. The Labute approximate surface area is 115 Å². The molecule has 0 amide bonds. The number of hydrogen-bond acceptors (Lipinski definition) is 6. The van der Waals surface area contributed by atoms with Crippen LogP contribution in [0.25, 0.3) is 0 Å². The molecule has 0 aliphatic rings. The molecule has 0 aromatic heterocycles. The molecule has 0 saturated carbocycles. The molecule has 19 heavy (non-hydrogen) atoms. The lowest BCUT2D eigenvalue weighted by Gasteiger charge is -2.11. The number of ether oxygens (including phenoxy) is 1. The maximum atomic E-state index is 11.7. The number of methoxy groups -OCH3 is 1. The van der Waals surface area contributed by atoms with Gasteiger partial charge in [0.1, 0.15) is 10.5 Å². The maximum Gasteiger partial charge on any atom is 0.340 e. The number of Topliss-reactive ketones (excluding diaryl/α,β-unsaturated/α-hetero) is 1. The van der Waals surface area contributed by atoms with Gasteiger partial charge in [0.25, 0.3) is 10.1 Å². The molecule has 0 N–H and O–H groups in total. The molecule has 6 nitrogen and oxygen atoms in total. The van der Waals surface area contributed by atoms with Crippen LogP contribution in [0.3, 0.4) is 0 Å². The molecule has 0 bridgehead atoms. The molecule has 0 saturated heterocycles. The summed E-state index contributed by atoms with van der Waals surface area (Å²) in [6, 6.07) is 2.29. The summed E-state index contributed by atoms with van der Waals surface area (Å²) in [5.41, 5.74) is -0.393. The van der Waals surface area contributed by atoms with Crippen LogP contribution >= 0.6 is 11.6 Å². The van der Waals surface area contributed by atoms with Gasteiger partial charge in [-0.05, 0) is 19.1 Å². The lowest BCUT2D eigenvalue weighted by Crippen LogP contribution is -2.14. The van der Waals surface area contributed by atoms with Crippen LogP contribution in [0.15, 0.2) is 17.0 Å². The Morgan fingerprint density at radius 1 is 1.21 bits per heavy atom. The first kappa shape index (κ1) is 15.6. The van der Waals surface area contributed by atoms with Crippen LogP contribution in [0.5, 0.6) is 0 Å². The van der Waals surface area contributed by atoms with E-state index in [9.17, 15) is 18.0 Å². The number of benzene rings is 1. The first-order chi connectivity index (χ1) is 8.76. The first-order valence-electron chi connectivity index (χ1n) is 4.98. The van der Waals surface area contributed by atoms with E-state index in [1.165, 1.54) is 13.0 Å². The minimum Gasteiger partial charge on any atom is -0.465 e. The van der Waals surface area contributed by atoms with E-state index in [1.807, 2.05) is 0 Å². The molecule has 0 aliphatic heterocycles. The Balaban J connectivity index is 3.73. The third-order valence-corrected chi connectivity index (χ3v) is 4.07. The molecule has 1 aromatic carbocycles. The highest BCUT2D eigenvalue weighted by atomic mass is 35.5. The smallest absolute Gasteiger partial charge is 0.340 e. The summed E-state index contributed by atoms with van der Waals surface area (Å²) in [5.74, 6) is -1.37. The SMILES string of the molecule is COC(=O)c1c(S(=O)(=O)OC)ccc(C(C)=O)c1Cl. The predicted octanol–water partition coefficient (Wildman–Crippen LogP) is 1.66. The predicted molar refractivity (Wildman–Crippen MR) is 67.0 cm³/mol. The van der Waals surface area contributed by atoms with Crippen molar-refractivity contribution < 1.29 is 26.9 Å². The number of esters is 1. The van der Waals surface area contributed by atoms with Crippen molar-refractivity contribution in [1.82, 2.24) is 0 Å². The van der Waals surface area contributed by atoms with E-state index in [0.29, 0.717) is 0 Å². The Morgan fingerprint density at radius 3 is 2.21 bits per heavy atom. The molecular formula is C11H11ClO6S. The summed E-state index contributed by atoms with van der Waals surface area (Å²) in [7, 11) is -2.13. The van der Waals surface area contributed by atoms with Gasteiger partial charge in [0.05, 0.1) is 19.2 Å². The fourth-order valence-electron chi connectivity index (χ4n) is 1.42. The molecule has 1 aromatic rings. The van der Waals surface area contributed by atoms with Crippen molar-refractivity contribution >= 4 is 33.5 Å². The molecule has 0 spiro atoms. The van der Waals surface area contributed by atoms with Crippen LogP contribution in [-0.2, 0) is 19.0 Å². The summed E-state index contributed by atoms with van der Waals surface area (Å²) in [6.07, 6.45) is 0. The average molecular weight is 307 g/mol. The number of hydrogen-bond donors (Lipinski definition) is 0. The van der Waals surface area contributed by atoms with Crippen LogP contribution < -0.4 is 0 Å². The van der Waals surface area contributed by atoms with Gasteiger partial charge in [0.15, 0.2) is 5.78 Å². The quantitative estimate of drug-likeness (QED) is 0.478. The van der Waals surface area contributed by atoms with Crippen LogP contribution in [0.1, 0.15) is 27.6 Å². The third-order valence-electron chi connectivity index (χ3n) is 2.36. The lowest BCUT2D eigenvalue weighted by atomic mass is 10.1. The number of carbonyl (C=O) groups excluding carboxylic acids is 2. The Kier molecular flexibility index (Phi) is 4.67. The zero-order valence-electron chi connectivity index (χ0n) is 10.4. The number of carbonyl (C=O) groups is 2. The van der Waals surface area contributed by atoms with Crippen molar-refractivity contribution in [3.63, 3.8) is 0 Å². The van der Waals surface area contributed by atoms with Gasteiger partial charge in [0.2, 0.25) is 0 Å². The maximum absolute atomic E-state index is 11.7. The summed E-state index contributed by atoms with van der Waals surface area (Å²) in [4.78, 5) is 22.5. The van der Waals surface area contributed by atoms with Crippen LogP contribution in [0, 0.1) is 0 Å². The highest BCUT2D eigenvalue weighted by molar-refractivity contribution is 7.86. The van der Waals surface area contributed by atoms with E-state index >= 15 is 0 Å². The first-order valence-corrected chi connectivity index (χ1v) is 6.77. The van der Waals surface area contributed by atoms with Gasteiger partial charge >= 0.3 is 5.97 Å². The van der Waals surface area contributed by atoms with Crippen LogP contribution in [0.4, 0.5) is 0 Å². The molecule has 0 atom stereocenters. The zero-order valence-corrected chi connectivity index (χ0v) is 12.0. The summed E-state index contributed by atoms with van der Waals surface area (Å²) >= 11 is 5.90. The largest absolute Gasteiger partial charge is 0.465 e. The van der Waals surface area contributed by atoms with Gasteiger partial charge in [-0.15, -0.1) is 0 Å². The second kappa shape index (κ2) is 5.68. The van der Waals surface area contributed by atoms with Gasteiger partial charge < -0.3 is 4.74 Å². The zero-order chi connectivity index (χ0) is 14.8. The van der Waals surface area contributed by atoms with Crippen LogP contribution in [-0.4, -0.2) is 34.4 Å². The summed E-state index contributed by atoms with van der Waals surface area (Å²) < 4.78 is 32.2. The van der Waals surface area contributed by atoms with Crippen molar-refractivity contribution in [2.45, 2.75) is 11.8 Å². The minimum atomic E-state index is -4.15. The van der Waals surface area contributed by atoms with Crippen LogP contribution in [0.2, 0.25) is 5.02 Å². The van der Waals surface area contributed by atoms with E-state index in [2.05, 4.69) is 8.92 Å². The molecule has 0 heterocycles. The molecule has 0 aliphatic carbocycles. The monoisotopic (exact) mass is 306 g/mol. The molecule has 104 valence electrons. The van der Waals surface area contributed by atoms with E-state index in [0.717, 1.165) is 20.3 Å². The van der Waals surface area contributed by atoms with E-state index in [-0.39, 0.29) is 10.6 Å². The fraction of sp³-hybridized carbons (Fsp3) is 0.273. The summed E-state index contributed by atoms with van der Waals surface area (Å²) in [6.45, 7) is 1.24. The van der Waals surface area contributed by atoms with E-state index in [4.69, 9.17) is 11.6 Å². The van der Waals surface area contributed by atoms with Gasteiger partial charge in [-0.2, -0.15) is 8.42 Å². The Bertz CT molecular complexity index is 635.